The third kappa shape index (κ3) is 3.49. The lowest BCUT2D eigenvalue weighted by molar-refractivity contribution is 0.426. The van der Waals surface area contributed by atoms with Crippen molar-refractivity contribution in [3.8, 4) is 22.6 Å². The fourth-order valence-corrected chi connectivity index (χ4v) is 3.37. The molecule has 29 heavy (non-hydrogen) atoms. The molecular formula is C24H19BN2O2. The summed E-state index contributed by atoms with van der Waals surface area (Å²) in [5, 5.41) is 19.6. The molecular weight excluding hydrogens is 359 g/mol. The quantitative estimate of drug-likeness (QED) is 0.517. The topological polar surface area (TPSA) is 66.2 Å². The van der Waals surface area contributed by atoms with E-state index in [-0.39, 0.29) is 0 Å². The van der Waals surface area contributed by atoms with Gasteiger partial charge < -0.3 is 10.0 Å². The second kappa shape index (κ2) is 7.83. The van der Waals surface area contributed by atoms with Crippen LogP contribution in [0.3, 0.4) is 0 Å². The van der Waals surface area contributed by atoms with E-state index in [0.29, 0.717) is 11.3 Å². The normalized spacial score (nSPS) is 10.7. The van der Waals surface area contributed by atoms with Crippen molar-refractivity contribution in [2.45, 2.75) is 0 Å². The first-order chi connectivity index (χ1) is 14.1. The zero-order valence-electron chi connectivity index (χ0n) is 15.8. The standard InChI is InChI=1S/C24H19BN2O2/c1-3-16-12-15-21-22(17-8-6-5-7-9-17)26-24(27-23(21)20(16)4-2)18-10-13-19(14-11-18)25(28)29/h3-15,28-29H,1-2H2. The van der Waals surface area contributed by atoms with E-state index in [9.17, 15) is 10.0 Å². The van der Waals surface area contributed by atoms with Crippen LogP contribution < -0.4 is 5.46 Å². The Morgan fingerprint density at radius 2 is 1.48 bits per heavy atom. The van der Waals surface area contributed by atoms with E-state index in [1.807, 2.05) is 42.5 Å². The predicted octanol–water partition coefficient (Wildman–Crippen LogP) is 3.93. The van der Waals surface area contributed by atoms with E-state index in [1.54, 1.807) is 36.4 Å². The third-order valence-electron chi connectivity index (χ3n) is 4.88. The Labute approximate surface area is 169 Å². The van der Waals surface area contributed by atoms with E-state index in [1.165, 1.54) is 0 Å². The van der Waals surface area contributed by atoms with Gasteiger partial charge >= 0.3 is 7.12 Å². The van der Waals surface area contributed by atoms with Crippen molar-refractivity contribution in [1.82, 2.24) is 9.97 Å². The highest BCUT2D eigenvalue weighted by atomic mass is 16.4. The number of benzene rings is 3. The average Bonchev–Trinajstić information content (AvgIpc) is 2.78. The van der Waals surface area contributed by atoms with Gasteiger partial charge in [-0.05, 0) is 17.1 Å². The fraction of sp³-hybridized carbons (Fsp3) is 0. The Hall–Kier alpha value is -3.54. The van der Waals surface area contributed by atoms with Gasteiger partial charge in [-0.25, -0.2) is 9.97 Å². The molecule has 140 valence electrons. The lowest BCUT2D eigenvalue weighted by Gasteiger charge is -2.13. The van der Waals surface area contributed by atoms with Gasteiger partial charge in [0, 0.05) is 22.1 Å². The molecule has 0 saturated heterocycles. The van der Waals surface area contributed by atoms with Crippen molar-refractivity contribution < 1.29 is 10.0 Å². The van der Waals surface area contributed by atoms with Gasteiger partial charge in [0.25, 0.3) is 0 Å². The summed E-state index contributed by atoms with van der Waals surface area (Å²) < 4.78 is 0. The smallest absolute Gasteiger partial charge is 0.423 e. The van der Waals surface area contributed by atoms with Crippen molar-refractivity contribution >= 4 is 35.6 Å². The number of aromatic nitrogens is 2. The maximum atomic E-state index is 9.35. The van der Waals surface area contributed by atoms with E-state index in [2.05, 4.69) is 13.2 Å². The summed E-state index contributed by atoms with van der Waals surface area (Å²) in [7, 11) is -1.51. The van der Waals surface area contributed by atoms with Crippen molar-refractivity contribution in [3.05, 3.63) is 91.0 Å². The lowest BCUT2D eigenvalue weighted by Crippen LogP contribution is -2.29. The van der Waals surface area contributed by atoms with Crippen LogP contribution in [0, 0.1) is 0 Å². The molecule has 0 amide bonds. The van der Waals surface area contributed by atoms with Crippen LogP contribution in [0.25, 0.3) is 45.7 Å². The number of fused-ring (bicyclic) bond motifs is 1. The molecule has 0 aliphatic heterocycles. The first-order valence-corrected chi connectivity index (χ1v) is 9.24. The largest absolute Gasteiger partial charge is 0.488 e. The summed E-state index contributed by atoms with van der Waals surface area (Å²) in [4.78, 5) is 9.68. The number of rotatable bonds is 5. The summed E-state index contributed by atoms with van der Waals surface area (Å²) in [5.74, 6) is 0.555. The number of nitrogens with zero attached hydrogens (tertiary/aromatic N) is 2. The highest BCUT2D eigenvalue weighted by molar-refractivity contribution is 6.58. The van der Waals surface area contributed by atoms with Crippen LogP contribution in [-0.4, -0.2) is 27.1 Å². The maximum absolute atomic E-state index is 9.35. The first kappa shape index (κ1) is 18.8. The zero-order valence-corrected chi connectivity index (χ0v) is 15.8. The predicted molar refractivity (Wildman–Crippen MR) is 120 cm³/mol. The number of hydrogen-bond acceptors (Lipinski definition) is 4. The zero-order chi connectivity index (χ0) is 20.4. The van der Waals surface area contributed by atoms with Crippen LogP contribution in [-0.2, 0) is 0 Å². The molecule has 0 bridgehead atoms. The molecule has 4 aromatic rings. The highest BCUT2D eigenvalue weighted by Gasteiger charge is 2.16. The molecule has 2 N–H and O–H groups in total. The highest BCUT2D eigenvalue weighted by Crippen LogP contribution is 2.32. The average molecular weight is 378 g/mol. The molecule has 0 aliphatic rings. The van der Waals surface area contributed by atoms with Gasteiger partial charge in [0.05, 0.1) is 11.2 Å². The van der Waals surface area contributed by atoms with Crippen molar-refractivity contribution in [2.75, 3.05) is 0 Å². The van der Waals surface area contributed by atoms with Crippen molar-refractivity contribution in [2.24, 2.45) is 0 Å². The molecule has 0 atom stereocenters. The van der Waals surface area contributed by atoms with Gasteiger partial charge in [-0.1, -0.05) is 86.0 Å². The van der Waals surface area contributed by atoms with Gasteiger partial charge in [0.1, 0.15) is 0 Å². The minimum atomic E-state index is -1.51. The molecule has 3 aromatic carbocycles. The maximum Gasteiger partial charge on any atom is 0.488 e. The van der Waals surface area contributed by atoms with Crippen LogP contribution in [0.1, 0.15) is 11.1 Å². The molecule has 0 radical (unpaired) electrons. The Bertz CT molecular complexity index is 1200. The van der Waals surface area contributed by atoms with Gasteiger partial charge in [0.15, 0.2) is 5.82 Å². The minimum absolute atomic E-state index is 0.415. The Kier molecular flexibility index (Phi) is 5.08. The molecule has 0 unspecified atom stereocenters. The second-order valence-corrected chi connectivity index (χ2v) is 6.63. The number of hydrogen-bond donors (Lipinski definition) is 2. The Morgan fingerprint density at radius 1 is 0.759 bits per heavy atom. The van der Waals surface area contributed by atoms with Crippen molar-refractivity contribution in [1.29, 1.82) is 0 Å². The summed E-state index contributed by atoms with van der Waals surface area (Å²) in [6, 6.07) is 20.9. The van der Waals surface area contributed by atoms with Gasteiger partial charge in [-0.2, -0.15) is 0 Å². The SMILES string of the molecule is C=Cc1ccc2c(-c3ccccc3)nc(-c3ccc(B(O)O)cc3)nc2c1C=C. The Balaban J connectivity index is 2.02. The summed E-state index contributed by atoms with van der Waals surface area (Å²) in [6.45, 7) is 7.86. The van der Waals surface area contributed by atoms with Crippen LogP contribution in [0.15, 0.2) is 79.9 Å². The molecule has 4 nitrogen and oxygen atoms in total. The minimum Gasteiger partial charge on any atom is -0.423 e. The summed E-state index contributed by atoms with van der Waals surface area (Å²) in [6.07, 6.45) is 3.58. The van der Waals surface area contributed by atoms with Gasteiger partial charge in [0.2, 0.25) is 0 Å². The molecule has 4 rings (SSSR count). The van der Waals surface area contributed by atoms with Gasteiger partial charge in [-0.15, -0.1) is 0 Å². The summed E-state index contributed by atoms with van der Waals surface area (Å²) in [5.41, 5.74) is 5.68. The van der Waals surface area contributed by atoms with E-state index in [0.717, 1.165) is 38.9 Å². The van der Waals surface area contributed by atoms with Gasteiger partial charge in [-0.3, -0.25) is 0 Å². The Morgan fingerprint density at radius 3 is 2.10 bits per heavy atom. The fourth-order valence-electron chi connectivity index (χ4n) is 3.37. The van der Waals surface area contributed by atoms with Crippen LogP contribution in [0.2, 0.25) is 0 Å². The molecule has 0 spiro atoms. The van der Waals surface area contributed by atoms with E-state index >= 15 is 0 Å². The first-order valence-electron chi connectivity index (χ1n) is 9.24. The molecule has 5 heteroatoms. The lowest BCUT2D eigenvalue weighted by atomic mass is 9.80. The monoisotopic (exact) mass is 378 g/mol. The van der Waals surface area contributed by atoms with E-state index in [4.69, 9.17) is 9.97 Å². The second-order valence-electron chi connectivity index (χ2n) is 6.63. The molecule has 1 aromatic heterocycles. The van der Waals surface area contributed by atoms with Crippen LogP contribution >= 0.6 is 0 Å². The van der Waals surface area contributed by atoms with Crippen LogP contribution in [0.4, 0.5) is 0 Å². The molecule has 0 fully saturated rings. The molecule has 1 heterocycles. The molecule has 0 saturated carbocycles. The van der Waals surface area contributed by atoms with E-state index < -0.39 is 7.12 Å². The van der Waals surface area contributed by atoms with Crippen LogP contribution in [0.5, 0.6) is 0 Å². The molecule has 0 aliphatic carbocycles. The summed E-state index contributed by atoms with van der Waals surface area (Å²) >= 11 is 0. The van der Waals surface area contributed by atoms with Crippen molar-refractivity contribution in [3.63, 3.8) is 0 Å². The third-order valence-corrected chi connectivity index (χ3v) is 4.88.